The number of aryl methyl sites for hydroxylation is 3. The number of aromatic nitrogens is 9. The summed E-state index contributed by atoms with van der Waals surface area (Å²) in [5, 5.41) is 33.5. The second-order valence-corrected chi connectivity index (χ2v) is 36.4. The van der Waals surface area contributed by atoms with Crippen molar-refractivity contribution < 1.29 is 52.4 Å². The fourth-order valence-corrected chi connectivity index (χ4v) is 20.2. The lowest BCUT2D eigenvalue weighted by atomic mass is 9.91. The van der Waals surface area contributed by atoms with Crippen LogP contribution < -0.4 is 41.0 Å². The van der Waals surface area contributed by atoms with E-state index in [-0.39, 0.29) is 197 Å². The number of phenolic OH excluding ortho intramolecular Hbond substituents is 3. The molecule has 9 aromatic heterocycles. The number of aromatic hydroxyl groups is 3. The molecule has 18 rings (SSSR count). The van der Waals surface area contributed by atoms with E-state index in [9.17, 15) is 48.9 Å². The zero-order chi connectivity index (χ0) is 94.7. The van der Waals surface area contributed by atoms with E-state index in [0.29, 0.717) is 107 Å². The van der Waals surface area contributed by atoms with Crippen molar-refractivity contribution in [3.63, 3.8) is 0 Å². The Morgan fingerprint density at radius 1 is 0.462 bits per heavy atom. The van der Waals surface area contributed by atoms with Gasteiger partial charge in [0.05, 0.1) is 102 Å². The van der Waals surface area contributed by atoms with Crippen molar-refractivity contribution in [3.8, 4) is 73.8 Å². The summed E-state index contributed by atoms with van der Waals surface area (Å²) >= 11 is 19.3. The van der Waals surface area contributed by atoms with Gasteiger partial charge in [-0.25, -0.2) is 28.1 Å². The number of phenols is 3. The molecule has 6 unspecified atom stereocenters. The van der Waals surface area contributed by atoms with Gasteiger partial charge in [0.2, 0.25) is 23.5 Å². The number of carbonyl (C=O) groups is 4. The van der Waals surface area contributed by atoms with Crippen LogP contribution in [0.25, 0.3) is 83.9 Å². The van der Waals surface area contributed by atoms with Crippen molar-refractivity contribution >= 4 is 114 Å². The van der Waals surface area contributed by atoms with E-state index in [2.05, 4.69) is 39.6 Å². The minimum Gasteiger partial charge on any atom is -0.507 e. The van der Waals surface area contributed by atoms with E-state index in [0.717, 1.165) is 22.4 Å². The van der Waals surface area contributed by atoms with Crippen molar-refractivity contribution in [1.82, 2.24) is 58.3 Å². The molecule has 0 radical (unpaired) electrons. The SMILES string of the molecule is C=CC(=O)N1CC2C(=O)N(C)c3c(c4cc(F)c(-c5c(O)cccc5Cl)nc4n(-c4c(C)ccnc4C(C)C)c3=O)N2CC1C.C=CC(=O)N1CC2CCOc3c(c4cc(F)c(-c5c(O)cccc5Cl)nc4n(-c4c(C)ccnc4C(C)C)c3=O)N2CC1C.C=CC(=O)N1CC2CCc3c(c4cc(F)c(-c5c(O)cccc5Cl)nc4n(-c4c(C)ccnc4C(C)C)c3=O)N2CC1C. The van der Waals surface area contributed by atoms with Gasteiger partial charge in [-0.05, 0) is 180 Å². The maximum absolute atomic E-state index is 16.3. The molecule has 3 fully saturated rings. The van der Waals surface area contributed by atoms with E-state index in [1.54, 1.807) is 67.0 Å². The number of amides is 4. The molecule has 0 spiro atoms. The Balaban J connectivity index is 0.000000144. The number of hydrogen-bond donors (Lipinski definition) is 3. The van der Waals surface area contributed by atoms with Crippen LogP contribution in [0, 0.1) is 38.2 Å². The summed E-state index contributed by atoms with van der Waals surface area (Å²) in [6, 6.07) is 21.1. The number of carbonyl (C=O) groups excluding carboxylic acids is 4. The average Bonchev–Trinajstić information content (AvgIpc) is 0.821. The number of anilines is 4. The van der Waals surface area contributed by atoms with Gasteiger partial charge in [-0.2, -0.15) is 0 Å². The summed E-state index contributed by atoms with van der Waals surface area (Å²) in [6.45, 7) is 36.3. The zero-order valence-electron chi connectivity index (χ0n) is 75.0. The van der Waals surface area contributed by atoms with Crippen LogP contribution in [-0.2, 0) is 25.6 Å². The third-order valence-corrected chi connectivity index (χ3v) is 26.7. The smallest absolute Gasteiger partial charge is 0.301 e. The highest BCUT2D eigenvalue weighted by Crippen LogP contribution is 2.50. The number of likely N-dealkylation sites (N-methyl/N-ethyl adjacent to an activating group) is 1. The molecule has 0 aliphatic carbocycles. The summed E-state index contributed by atoms with van der Waals surface area (Å²) in [4.78, 5) is 136. The molecule has 3 N–H and O–H groups in total. The molecule has 6 aliphatic heterocycles. The Hall–Kier alpha value is -13.5. The fourth-order valence-electron chi connectivity index (χ4n) is 19.4. The third-order valence-electron chi connectivity index (χ3n) is 25.7. The van der Waals surface area contributed by atoms with E-state index in [1.165, 1.54) is 93.9 Å². The van der Waals surface area contributed by atoms with Gasteiger partial charge in [0.15, 0.2) is 28.7 Å². The number of fused-ring (bicyclic) bond motifs is 15. The summed E-state index contributed by atoms with van der Waals surface area (Å²) < 4.78 is 59.2. The Morgan fingerprint density at radius 2 is 0.818 bits per heavy atom. The Labute approximate surface area is 773 Å². The first-order chi connectivity index (χ1) is 62.9. The van der Waals surface area contributed by atoms with Gasteiger partial charge in [0.1, 0.15) is 51.7 Å². The van der Waals surface area contributed by atoms with Gasteiger partial charge in [0.25, 0.3) is 17.0 Å². The highest BCUT2D eigenvalue weighted by Gasteiger charge is 2.48. The Morgan fingerprint density at radius 3 is 1.21 bits per heavy atom. The van der Waals surface area contributed by atoms with Crippen LogP contribution in [0.2, 0.25) is 15.1 Å². The summed E-state index contributed by atoms with van der Waals surface area (Å²) in [6.07, 6.45) is 10.6. The lowest BCUT2D eigenvalue weighted by Crippen LogP contribution is -2.66. The summed E-state index contributed by atoms with van der Waals surface area (Å²) in [5.74, 6) is -4.01. The van der Waals surface area contributed by atoms with Gasteiger partial charge >= 0.3 is 5.56 Å². The van der Waals surface area contributed by atoms with Gasteiger partial charge in [-0.15, -0.1) is 0 Å². The summed E-state index contributed by atoms with van der Waals surface area (Å²) in [5.41, 5.74) is 6.71. The minimum absolute atomic E-state index is 0.0129. The van der Waals surface area contributed by atoms with Crippen molar-refractivity contribution in [2.45, 2.75) is 156 Å². The number of benzene rings is 3. The Bertz CT molecular complexity index is 7000. The fraction of sp³-hybridized carbons (Fsp3) is 0.323. The number of pyridine rings is 9. The minimum atomic E-state index is -0.831. The normalized spacial score (nSPS) is 18.0. The average molecular weight is 1850 g/mol. The molecule has 6 atom stereocenters. The number of hydrogen-bond acceptors (Lipinski definition) is 20. The number of halogens is 6. The number of ether oxygens (including phenoxy) is 1. The monoisotopic (exact) mass is 1850 g/mol. The van der Waals surface area contributed by atoms with Gasteiger partial charge in [-0.3, -0.25) is 62.2 Å². The molecule has 132 heavy (non-hydrogen) atoms. The van der Waals surface area contributed by atoms with Crippen LogP contribution >= 0.6 is 34.8 Å². The van der Waals surface area contributed by atoms with Crippen molar-refractivity contribution in [2.24, 2.45) is 0 Å². The van der Waals surface area contributed by atoms with Gasteiger partial charge in [-0.1, -0.05) is 114 Å². The first-order valence-corrected chi connectivity index (χ1v) is 44.7. The van der Waals surface area contributed by atoms with Crippen molar-refractivity contribution in [2.75, 3.05) is 72.5 Å². The van der Waals surface area contributed by atoms with E-state index in [1.807, 2.05) is 100 Å². The van der Waals surface area contributed by atoms with Gasteiger partial charge in [0, 0.05) is 111 Å². The molecule has 0 saturated carbocycles. The lowest BCUT2D eigenvalue weighted by Gasteiger charge is -2.49. The van der Waals surface area contributed by atoms with Crippen LogP contribution in [0.3, 0.4) is 0 Å². The van der Waals surface area contributed by atoms with Crippen LogP contribution in [0.4, 0.5) is 35.9 Å². The molecule has 15 heterocycles. The number of piperazine rings is 3. The maximum Gasteiger partial charge on any atom is 0.301 e. The zero-order valence-corrected chi connectivity index (χ0v) is 77.3. The van der Waals surface area contributed by atoms with Crippen LogP contribution in [0.1, 0.15) is 132 Å². The summed E-state index contributed by atoms with van der Waals surface area (Å²) in [7, 11) is 1.51. The predicted molar refractivity (Wildman–Crippen MR) is 507 cm³/mol. The molecule has 27 nitrogen and oxygen atoms in total. The lowest BCUT2D eigenvalue weighted by molar-refractivity contribution is -0.131. The van der Waals surface area contributed by atoms with Crippen LogP contribution in [0.5, 0.6) is 23.0 Å². The third kappa shape index (κ3) is 15.6. The molecule has 6 aliphatic rings. The molecule has 3 aromatic carbocycles. The molecule has 12 aromatic rings. The van der Waals surface area contributed by atoms with Gasteiger partial charge < -0.3 is 54.4 Å². The van der Waals surface area contributed by atoms with E-state index >= 15 is 13.2 Å². The molecular formula is C99H98Cl3F3N16O11. The Kier molecular flexibility index (Phi) is 25.1. The highest BCUT2D eigenvalue weighted by atomic mass is 35.5. The highest BCUT2D eigenvalue weighted by molar-refractivity contribution is 6.34. The number of nitrogens with zero attached hydrogens (tertiary/aromatic N) is 16. The molecule has 4 amide bonds. The number of rotatable bonds is 12. The molecular weight excluding hydrogens is 1750 g/mol. The van der Waals surface area contributed by atoms with Crippen LogP contribution in [0.15, 0.2) is 162 Å². The molecule has 682 valence electrons. The second-order valence-electron chi connectivity index (χ2n) is 35.1. The maximum atomic E-state index is 16.3. The topological polar surface area (TPSA) is 304 Å². The van der Waals surface area contributed by atoms with E-state index < -0.39 is 34.6 Å². The molecule has 0 bridgehead atoms. The van der Waals surface area contributed by atoms with Crippen molar-refractivity contribution in [1.29, 1.82) is 0 Å². The quantitative estimate of drug-likeness (QED) is 0.0957. The largest absolute Gasteiger partial charge is 0.507 e. The van der Waals surface area contributed by atoms with Crippen LogP contribution in [-0.4, -0.2) is 186 Å². The molecule has 3 saturated heterocycles. The first-order valence-electron chi connectivity index (χ1n) is 43.6. The van der Waals surface area contributed by atoms with Crippen molar-refractivity contribution in [3.05, 3.63) is 250 Å². The molecule has 33 heteroatoms. The second kappa shape index (κ2) is 36.0. The van der Waals surface area contributed by atoms with E-state index in [4.69, 9.17) is 54.5 Å². The predicted octanol–water partition coefficient (Wildman–Crippen LogP) is 16.6. The first kappa shape index (κ1) is 91.8. The standard InChI is InChI=1S/C33H32ClFN6O4.C33H33ClFN5O4.C33H33ClFN5O3/c1-7-24(43)39-15-22-32(44)38(6)30-29(40(22)14-18(39)5)19-13-21(35)27(25-20(34)9-8-10-23(25)42)37-31(19)41(33(30)45)28-17(4)11-12-36-26(28)16(2)3;1-6-25(42)38-16-20-11-13-44-31-30(39(20)15-19(38)5)21-14-23(35)28(26-22(34)8-7-9-24(26)41)37-32(21)40(33(31)43)29-18(4)10-12-36-27(29)17(2)3;1-6-26(42)38-16-20-10-11-21-31(39(20)15-19(38)5)22-14-24(35)29(27-23(34)8-7-9-25(27)41)37-32(22)40(33(21)43)30-18(4)12-13-36-28(30)17(2)3/h7-13,16,18,22,42H,1,14-15H2,2-6H3;6-10,12,14,17,19-20,41H,1,11,13,15-16H2,2-5H3;6-9,12-14,17,19-20,41H,1,10-11,15-16H2,2-5H3.